The minimum Gasteiger partial charge on any atom is -0.354 e. The van der Waals surface area contributed by atoms with Crippen molar-refractivity contribution in [1.29, 1.82) is 0 Å². The van der Waals surface area contributed by atoms with E-state index in [4.69, 9.17) is 5.73 Å². The van der Waals surface area contributed by atoms with Gasteiger partial charge in [-0.1, -0.05) is 6.07 Å². The number of carbonyl (C=O) groups is 1. The van der Waals surface area contributed by atoms with Crippen LogP contribution in [0.25, 0.3) is 0 Å². The second kappa shape index (κ2) is 7.68. The molecule has 1 saturated heterocycles. The van der Waals surface area contributed by atoms with Crippen LogP contribution in [0.5, 0.6) is 0 Å². The first kappa shape index (κ1) is 21.4. The lowest BCUT2D eigenvalue weighted by atomic mass is 10.2. The lowest BCUT2D eigenvalue weighted by Crippen LogP contribution is -2.49. The molecule has 166 valence electrons. The van der Waals surface area contributed by atoms with Crippen molar-refractivity contribution in [3.63, 3.8) is 0 Å². The molecule has 0 bridgehead atoms. The second-order valence-corrected chi connectivity index (χ2v) is 9.24. The van der Waals surface area contributed by atoms with Crippen LogP contribution in [0.1, 0.15) is 11.3 Å². The molecule has 2 aliphatic rings. The smallest absolute Gasteiger partial charge is 0.354 e. The van der Waals surface area contributed by atoms with E-state index in [1.54, 1.807) is 17.0 Å². The monoisotopic (exact) mass is 455 g/mol. The van der Waals surface area contributed by atoms with Crippen LogP contribution in [0.3, 0.4) is 0 Å². The predicted octanol–water partition coefficient (Wildman–Crippen LogP) is 2.05. The third-order valence-electron chi connectivity index (χ3n) is 5.44. The number of fused-ring (bicyclic) bond motifs is 1. The standard InChI is InChI=1S/C19H20F3N5O3S/c20-19(21,22)16-2-1-3-17(24-16)25-8-10-26(11-9-25)31(29,30)14-4-5-15-13(12-14)6-7-27(15)18(23)28/h1-5,12H,6-11H2,(H2,23,28). The van der Waals surface area contributed by atoms with E-state index < -0.39 is 27.9 Å². The molecular weight excluding hydrogens is 435 g/mol. The summed E-state index contributed by atoms with van der Waals surface area (Å²) in [6.07, 6.45) is -4.03. The molecule has 1 fully saturated rings. The van der Waals surface area contributed by atoms with E-state index in [-0.39, 0.29) is 36.9 Å². The highest BCUT2D eigenvalue weighted by atomic mass is 32.2. The van der Waals surface area contributed by atoms with Crippen molar-refractivity contribution in [3.8, 4) is 0 Å². The minimum atomic E-state index is -4.54. The van der Waals surface area contributed by atoms with Gasteiger partial charge in [-0.05, 0) is 42.3 Å². The summed E-state index contributed by atoms with van der Waals surface area (Å²) in [4.78, 5) is 18.3. The molecule has 0 radical (unpaired) electrons. The number of anilines is 2. The molecule has 0 unspecified atom stereocenters. The molecule has 2 amide bonds. The molecule has 12 heteroatoms. The van der Waals surface area contributed by atoms with Crippen LogP contribution in [0.15, 0.2) is 41.3 Å². The lowest BCUT2D eigenvalue weighted by molar-refractivity contribution is -0.141. The minimum absolute atomic E-state index is 0.114. The number of primary amides is 1. The van der Waals surface area contributed by atoms with Crippen LogP contribution in [0.2, 0.25) is 0 Å². The van der Waals surface area contributed by atoms with Crippen LogP contribution in [-0.2, 0) is 22.6 Å². The quantitative estimate of drug-likeness (QED) is 0.764. The highest BCUT2D eigenvalue weighted by Gasteiger charge is 2.34. The zero-order valence-electron chi connectivity index (χ0n) is 16.3. The molecule has 8 nitrogen and oxygen atoms in total. The van der Waals surface area contributed by atoms with E-state index in [0.29, 0.717) is 18.7 Å². The lowest BCUT2D eigenvalue weighted by Gasteiger charge is -2.35. The first-order valence-electron chi connectivity index (χ1n) is 9.56. The number of urea groups is 1. The van der Waals surface area contributed by atoms with Gasteiger partial charge in [0, 0.05) is 38.4 Å². The Balaban J connectivity index is 1.48. The number of nitrogens with two attached hydrogens (primary N) is 1. The number of nitrogens with zero attached hydrogens (tertiary/aromatic N) is 4. The third-order valence-corrected chi connectivity index (χ3v) is 7.33. The molecule has 31 heavy (non-hydrogen) atoms. The first-order valence-corrected chi connectivity index (χ1v) is 11.0. The molecule has 4 rings (SSSR count). The molecule has 2 aliphatic heterocycles. The number of pyridine rings is 1. The zero-order chi connectivity index (χ0) is 22.4. The average Bonchev–Trinajstić information content (AvgIpc) is 3.17. The summed E-state index contributed by atoms with van der Waals surface area (Å²) >= 11 is 0. The van der Waals surface area contributed by atoms with Crippen LogP contribution < -0.4 is 15.5 Å². The number of alkyl halides is 3. The summed E-state index contributed by atoms with van der Waals surface area (Å²) in [5.41, 5.74) is 5.68. The number of hydrogen-bond acceptors (Lipinski definition) is 5. The number of amides is 2. The molecular formula is C19H20F3N5O3S. The van der Waals surface area contributed by atoms with Crippen LogP contribution in [0.4, 0.5) is 29.5 Å². The fourth-order valence-corrected chi connectivity index (χ4v) is 5.30. The number of piperazine rings is 1. The average molecular weight is 455 g/mol. The molecule has 1 aromatic heterocycles. The molecule has 2 N–H and O–H groups in total. The topological polar surface area (TPSA) is 99.8 Å². The maximum absolute atomic E-state index is 13.1. The molecule has 0 saturated carbocycles. The second-order valence-electron chi connectivity index (χ2n) is 7.30. The SMILES string of the molecule is NC(=O)N1CCc2cc(S(=O)(=O)N3CCN(c4cccc(C(F)(F)F)n4)CC3)ccc21. The Morgan fingerprint density at radius 2 is 1.74 bits per heavy atom. The molecule has 2 aromatic rings. The van der Waals surface area contributed by atoms with Crippen molar-refractivity contribution in [2.45, 2.75) is 17.5 Å². The van der Waals surface area contributed by atoms with Crippen molar-refractivity contribution in [2.24, 2.45) is 5.73 Å². The Hall–Kier alpha value is -2.86. The van der Waals surface area contributed by atoms with E-state index in [0.717, 1.165) is 11.6 Å². The van der Waals surface area contributed by atoms with Crippen molar-refractivity contribution >= 4 is 27.6 Å². The maximum Gasteiger partial charge on any atom is 0.433 e. The Morgan fingerprint density at radius 1 is 1.03 bits per heavy atom. The number of benzene rings is 1. The summed E-state index contributed by atoms with van der Waals surface area (Å²) in [5.74, 6) is 0.163. The Labute approximate surface area is 177 Å². The van der Waals surface area contributed by atoms with Crippen molar-refractivity contribution < 1.29 is 26.4 Å². The number of rotatable bonds is 3. The van der Waals surface area contributed by atoms with E-state index >= 15 is 0 Å². The van der Waals surface area contributed by atoms with Gasteiger partial charge in [-0.15, -0.1) is 0 Å². The van der Waals surface area contributed by atoms with E-state index in [2.05, 4.69) is 4.98 Å². The van der Waals surface area contributed by atoms with Gasteiger partial charge in [0.25, 0.3) is 0 Å². The van der Waals surface area contributed by atoms with Gasteiger partial charge in [-0.25, -0.2) is 18.2 Å². The van der Waals surface area contributed by atoms with Crippen molar-refractivity contribution in [1.82, 2.24) is 9.29 Å². The fraction of sp³-hybridized carbons (Fsp3) is 0.368. The van der Waals surface area contributed by atoms with Gasteiger partial charge in [0.1, 0.15) is 11.5 Å². The fourth-order valence-electron chi connectivity index (χ4n) is 3.83. The highest BCUT2D eigenvalue weighted by molar-refractivity contribution is 7.89. The van der Waals surface area contributed by atoms with Gasteiger partial charge >= 0.3 is 12.2 Å². The summed E-state index contributed by atoms with van der Waals surface area (Å²) in [5, 5.41) is 0. The van der Waals surface area contributed by atoms with E-state index in [1.807, 2.05) is 0 Å². The predicted molar refractivity (Wildman–Crippen MR) is 107 cm³/mol. The van der Waals surface area contributed by atoms with Gasteiger partial charge in [-0.2, -0.15) is 17.5 Å². The Morgan fingerprint density at radius 3 is 2.39 bits per heavy atom. The zero-order valence-corrected chi connectivity index (χ0v) is 17.2. The first-order chi connectivity index (χ1) is 14.6. The van der Waals surface area contributed by atoms with Crippen molar-refractivity contribution in [3.05, 3.63) is 47.7 Å². The summed E-state index contributed by atoms with van der Waals surface area (Å²) < 4.78 is 66.2. The molecule has 0 aliphatic carbocycles. The molecule has 0 spiro atoms. The van der Waals surface area contributed by atoms with E-state index in [9.17, 15) is 26.4 Å². The summed E-state index contributed by atoms with van der Waals surface area (Å²) in [7, 11) is -3.79. The van der Waals surface area contributed by atoms with Gasteiger partial charge in [0.05, 0.1) is 4.90 Å². The summed E-state index contributed by atoms with van der Waals surface area (Å²) in [6.45, 7) is 1.06. The van der Waals surface area contributed by atoms with Crippen molar-refractivity contribution in [2.75, 3.05) is 42.5 Å². The van der Waals surface area contributed by atoms with Gasteiger partial charge in [0.2, 0.25) is 10.0 Å². The van der Waals surface area contributed by atoms with E-state index in [1.165, 1.54) is 27.4 Å². The van der Waals surface area contributed by atoms with Gasteiger partial charge < -0.3 is 10.6 Å². The van der Waals surface area contributed by atoms with Gasteiger partial charge in [0.15, 0.2) is 0 Å². The largest absolute Gasteiger partial charge is 0.433 e. The van der Waals surface area contributed by atoms with Gasteiger partial charge in [-0.3, -0.25) is 4.90 Å². The Bertz CT molecular complexity index is 1120. The van der Waals surface area contributed by atoms with Crippen LogP contribution >= 0.6 is 0 Å². The molecule has 0 atom stereocenters. The number of carbonyl (C=O) groups excluding carboxylic acids is 1. The highest BCUT2D eigenvalue weighted by Crippen LogP contribution is 2.32. The number of aromatic nitrogens is 1. The van der Waals surface area contributed by atoms with Crippen LogP contribution in [0, 0.1) is 0 Å². The number of sulfonamides is 1. The maximum atomic E-state index is 13.1. The summed E-state index contributed by atoms with van der Waals surface area (Å²) in [6, 6.07) is 7.64. The molecule has 1 aromatic carbocycles. The number of halogens is 3. The third kappa shape index (κ3) is 4.04. The molecule has 3 heterocycles. The normalized spacial score (nSPS) is 17.6. The van der Waals surface area contributed by atoms with Crippen LogP contribution in [-0.4, -0.2) is 56.5 Å². The number of hydrogen-bond donors (Lipinski definition) is 1. The Kier molecular flexibility index (Phi) is 5.30.